The van der Waals surface area contributed by atoms with Crippen LogP contribution >= 0.6 is 0 Å². The lowest BCUT2D eigenvalue weighted by molar-refractivity contribution is -0.162. The highest BCUT2D eigenvalue weighted by Crippen LogP contribution is 2.22. The van der Waals surface area contributed by atoms with E-state index in [0.29, 0.717) is 6.61 Å². The number of ether oxygens (including phenoxy) is 2. The van der Waals surface area contributed by atoms with E-state index >= 15 is 0 Å². The summed E-state index contributed by atoms with van der Waals surface area (Å²) in [5.74, 6) is -0.795. The molecular weight excluding hydrogens is 198 g/mol. The largest absolute Gasteiger partial charge is 0.347 e. The van der Waals surface area contributed by atoms with Crippen LogP contribution in [0.25, 0.3) is 0 Å². The van der Waals surface area contributed by atoms with Gasteiger partial charge in [0.25, 0.3) is 5.91 Å². The third-order valence-corrected chi connectivity index (χ3v) is 2.07. The second-order valence-electron chi connectivity index (χ2n) is 3.74. The van der Waals surface area contributed by atoms with E-state index in [0.717, 1.165) is 5.06 Å². The Morgan fingerprint density at radius 3 is 2.73 bits per heavy atom. The van der Waals surface area contributed by atoms with Gasteiger partial charge in [0.05, 0.1) is 13.7 Å². The van der Waals surface area contributed by atoms with Gasteiger partial charge in [-0.1, -0.05) is 0 Å². The number of nitrogens with zero attached hydrogens (tertiary/aromatic N) is 1. The Kier molecular flexibility index (Phi) is 3.84. The zero-order valence-corrected chi connectivity index (χ0v) is 9.52. The van der Waals surface area contributed by atoms with E-state index in [-0.39, 0.29) is 12.0 Å². The van der Waals surface area contributed by atoms with Gasteiger partial charge in [0.2, 0.25) is 0 Å². The SMILES string of the molecule is CON(C)C(=O)/C=C/[C@H]1COC(C)(C)O1. The van der Waals surface area contributed by atoms with Crippen molar-refractivity contribution >= 4 is 5.91 Å². The summed E-state index contributed by atoms with van der Waals surface area (Å²) in [5, 5.41) is 1.14. The highest BCUT2D eigenvalue weighted by Gasteiger charge is 2.31. The van der Waals surface area contributed by atoms with Gasteiger partial charge >= 0.3 is 0 Å². The molecule has 1 atom stereocenters. The summed E-state index contributed by atoms with van der Waals surface area (Å²) in [6.45, 7) is 4.14. The average Bonchev–Trinajstić information content (AvgIpc) is 2.53. The van der Waals surface area contributed by atoms with Crippen molar-refractivity contribution in [3.8, 4) is 0 Å². The smallest absolute Gasteiger partial charge is 0.269 e. The lowest BCUT2D eigenvalue weighted by Crippen LogP contribution is -2.24. The van der Waals surface area contributed by atoms with Gasteiger partial charge in [-0.15, -0.1) is 0 Å². The average molecular weight is 215 g/mol. The predicted octanol–water partition coefficient (Wildman–Crippen LogP) is 0.714. The number of likely N-dealkylation sites (N-methyl/N-ethyl adjacent to an activating group) is 1. The van der Waals surface area contributed by atoms with Crippen molar-refractivity contribution in [1.82, 2.24) is 5.06 Å². The molecule has 1 heterocycles. The molecule has 0 radical (unpaired) electrons. The van der Waals surface area contributed by atoms with Gasteiger partial charge in [0.15, 0.2) is 5.79 Å². The Morgan fingerprint density at radius 2 is 2.27 bits per heavy atom. The van der Waals surface area contributed by atoms with Crippen molar-refractivity contribution in [3.05, 3.63) is 12.2 Å². The highest BCUT2D eigenvalue weighted by molar-refractivity contribution is 5.86. The molecule has 1 aliphatic heterocycles. The number of carbonyl (C=O) groups excluding carboxylic acids is 1. The normalized spacial score (nSPS) is 24.7. The van der Waals surface area contributed by atoms with Crippen LogP contribution in [0.15, 0.2) is 12.2 Å². The minimum Gasteiger partial charge on any atom is -0.347 e. The maximum Gasteiger partial charge on any atom is 0.269 e. The summed E-state index contributed by atoms with van der Waals surface area (Å²) in [5.41, 5.74) is 0. The first-order valence-corrected chi connectivity index (χ1v) is 4.76. The molecule has 1 aliphatic rings. The van der Waals surface area contributed by atoms with Crippen LogP contribution in [0.2, 0.25) is 0 Å². The van der Waals surface area contributed by atoms with Gasteiger partial charge in [-0.25, -0.2) is 5.06 Å². The van der Waals surface area contributed by atoms with E-state index in [9.17, 15) is 4.79 Å². The second-order valence-corrected chi connectivity index (χ2v) is 3.74. The standard InChI is InChI=1S/C10H17NO4/c1-10(2)14-7-8(15-10)5-6-9(12)11(3)13-4/h5-6,8H,7H2,1-4H3/b6-5+/t8-/m0/s1. The second kappa shape index (κ2) is 4.74. The number of amides is 1. The molecule has 0 aromatic carbocycles. The maximum absolute atomic E-state index is 11.3. The zero-order chi connectivity index (χ0) is 11.5. The van der Waals surface area contributed by atoms with Crippen LogP contribution in [0.5, 0.6) is 0 Å². The Bertz CT molecular complexity index is 262. The van der Waals surface area contributed by atoms with Crippen molar-refractivity contribution in [1.29, 1.82) is 0 Å². The van der Waals surface area contributed by atoms with Crippen LogP contribution in [0.3, 0.4) is 0 Å². The van der Waals surface area contributed by atoms with Crippen molar-refractivity contribution in [2.24, 2.45) is 0 Å². The van der Waals surface area contributed by atoms with Crippen molar-refractivity contribution in [2.45, 2.75) is 25.7 Å². The Morgan fingerprint density at radius 1 is 1.60 bits per heavy atom. The van der Waals surface area contributed by atoms with E-state index in [1.54, 1.807) is 13.1 Å². The lowest BCUT2D eigenvalue weighted by atomic mass is 10.3. The molecular formula is C10H17NO4. The molecule has 15 heavy (non-hydrogen) atoms. The fourth-order valence-corrected chi connectivity index (χ4v) is 1.19. The van der Waals surface area contributed by atoms with Crippen LogP contribution < -0.4 is 0 Å². The Labute approximate surface area is 89.5 Å². The van der Waals surface area contributed by atoms with Crippen LogP contribution in [0.4, 0.5) is 0 Å². The van der Waals surface area contributed by atoms with Gasteiger partial charge in [-0.05, 0) is 19.9 Å². The van der Waals surface area contributed by atoms with E-state index in [4.69, 9.17) is 14.3 Å². The van der Waals surface area contributed by atoms with E-state index in [1.165, 1.54) is 13.2 Å². The number of hydroxylamine groups is 2. The van der Waals surface area contributed by atoms with Crippen LogP contribution in [-0.4, -0.2) is 43.6 Å². The summed E-state index contributed by atoms with van der Waals surface area (Å²) in [6.07, 6.45) is 2.92. The minimum absolute atomic E-state index is 0.172. The van der Waals surface area contributed by atoms with Crippen LogP contribution in [0.1, 0.15) is 13.8 Å². The van der Waals surface area contributed by atoms with Crippen molar-refractivity contribution < 1.29 is 19.1 Å². The van der Waals surface area contributed by atoms with E-state index in [1.807, 2.05) is 13.8 Å². The van der Waals surface area contributed by atoms with Crippen molar-refractivity contribution in [3.63, 3.8) is 0 Å². The molecule has 0 saturated carbocycles. The molecule has 5 nitrogen and oxygen atoms in total. The van der Waals surface area contributed by atoms with Gasteiger partial charge in [-0.3, -0.25) is 9.63 Å². The molecule has 0 aliphatic carbocycles. The molecule has 0 aromatic rings. The first-order valence-electron chi connectivity index (χ1n) is 4.76. The Balaban J connectivity index is 2.43. The van der Waals surface area contributed by atoms with Gasteiger partial charge < -0.3 is 9.47 Å². The summed E-state index contributed by atoms with van der Waals surface area (Å²) in [6, 6.07) is 0. The summed E-state index contributed by atoms with van der Waals surface area (Å²) >= 11 is 0. The summed E-state index contributed by atoms with van der Waals surface area (Å²) < 4.78 is 10.8. The number of hydrogen-bond donors (Lipinski definition) is 0. The molecule has 0 bridgehead atoms. The third-order valence-electron chi connectivity index (χ3n) is 2.07. The monoisotopic (exact) mass is 215 g/mol. The fraction of sp³-hybridized carbons (Fsp3) is 0.700. The van der Waals surface area contributed by atoms with E-state index in [2.05, 4.69) is 0 Å². The maximum atomic E-state index is 11.3. The molecule has 1 fully saturated rings. The fourth-order valence-electron chi connectivity index (χ4n) is 1.19. The molecule has 1 saturated heterocycles. The summed E-state index contributed by atoms with van der Waals surface area (Å²) in [7, 11) is 2.98. The van der Waals surface area contributed by atoms with Gasteiger partial charge in [0, 0.05) is 13.1 Å². The van der Waals surface area contributed by atoms with Gasteiger partial charge in [-0.2, -0.15) is 0 Å². The van der Waals surface area contributed by atoms with Crippen LogP contribution in [0, 0.1) is 0 Å². The molecule has 1 rings (SSSR count). The molecule has 0 spiro atoms. The van der Waals surface area contributed by atoms with Crippen LogP contribution in [-0.2, 0) is 19.1 Å². The van der Waals surface area contributed by atoms with Crippen molar-refractivity contribution in [2.75, 3.05) is 20.8 Å². The molecule has 0 aromatic heterocycles. The molecule has 1 amide bonds. The topological polar surface area (TPSA) is 48.0 Å². The van der Waals surface area contributed by atoms with E-state index < -0.39 is 5.79 Å². The highest BCUT2D eigenvalue weighted by atomic mass is 16.7. The predicted molar refractivity (Wildman–Crippen MR) is 53.8 cm³/mol. The summed E-state index contributed by atoms with van der Waals surface area (Å²) in [4.78, 5) is 16.0. The number of hydrogen-bond acceptors (Lipinski definition) is 4. The quantitative estimate of drug-likeness (QED) is 0.514. The first-order chi connectivity index (χ1) is 6.94. The molecule has 0 unspecified atom stereocenters. The van der Waals surface area contributed by atoms with Gasteiger partial charge in [0.1, 0.15) is 6.10 Å². The molecule has 0 N–H and O–H groups in total. The first kappa shape index (κ1) is 12.2. The Hall–Kier alpha value is -0.910. The number of carbonyl (C=O) groups is 1. The minimum atomic E-state index is -0.564. The molecule has 86 valence electrons. The third kappa shape index (κ3) is 3.62. The number of rotatable bonds is 3. The zero-order valence-electron chi connectivity index (χ0n) is 9.52. The lowest BCUT2D eigenvalue weighted by Gasteiger charge is -2.15. The molecule has 5 heteroatoms.